The molecule has 1 aliphatic carbocycles. The van der Waals surface area contributed by atoms with E-state index in [0.717, 1.165) is 32.1 Å². The minimum atomic E-state index is -3.27. The first-order chi connectivity index (χ1) is 11.5. The van der Waals surface area contributed by atoms with E-state index in [2.05, 4.69) is 5.32 Å². The number of hydrogen-bond acceptors (Lipinski definition) is 3. The quantitative estimate of drug-likeness (QED) is 0.781. The summed E-state index contributed by atoms with van der Waals surface area (Å²) in [6, 6.07) is 10.0. The molecule has 1 saturated carbocycles. The van der Waals surface area contributed by atoms with Crippen LogP contribution in [0.1, 0.15) is 44.1 Å². The molecule has 0 bridgehead atoms. The molecule has 1 aliphatic rings. The van der Waals surface area contributed by atoms with Gasteiger partial charge in [-0.3, -0.25) is 4.79 Å². The second-order valence-electron chi connectivity index (χ2n) is 6.50. The summed E-state index contributed by atoms with van der Waals surface area (Å²) >= 11 is 0. The Morgan fingerprint density at radius 2 is 1.83 bits per heavy atom. The molecule has 5 nitrogen and oxygen atoms in total. The van der Waals surface area contributed by atoms with Crippen molar-refractivity contribution in [3.05, 3.63) is 35.9 Å². The van der Waals surface area contributed by atoms with Crippen LogP contribution in [0.4, 0.5) is 0 Å². The van der Waals surface area contributed by atoms with Crippen LogP contribution in [0.15, 0.2) is 30.3 Å². The zero-order chi connectivity index (χ0) is 17.4. The zero-order valence-electron chi connectivity index (χ0n) is 14.4. The number of benzene rings is 1. The average molecular weight is 353 g/mol. The van der Waals surface area contributed by atoms with Gasteiger partial charge in [0.2, 0.25) is 15.9 Å². The Morgan fingerprint density at radius 1 is 1.17 bits per heavy atom. The van der Waals surface area contributed by atoms with Gasteiger partial charge < -0.3 is 5.32 Å². The van der Waals surface area contributed by atoms with Crippen LogP contribution in [0.3, 0.4) is 0 Å². The largest absolute Gasteiger partial charge is 0.356 e. The molecule has 24 heavy (non-hydrogen) atoms. The molecule has 2 rings (SSSR count). The number of nitrogens with zero attached hydrogens (tertiary/aromatic N) is 1. The van der Waals surface area contributed by atoms with Crippen molar-refractivity contribution >= 4 is 15.9 Å². The third kappa shape index (κ3) is 6.24. The highest BCUT2D eigenvalue weighted by Gasteiger charge is 2.28. The Hall–Kier alpha value is -1.40. The summed E-state index contributed by atoms with van der Waals surface area (Å²) in [6.45, 7) is 0.853. The molecule has 0 radical (unpaired) electrons. The van der Waals surface area contributed by atoms with Crippen molar-refractivity contribution in [2.24, 2.45) is 0 Å². The molecule has 1 fully saturated rings. The molecular weight excluding hydrogens is 324 g/mol. The van der Waals surface area contributed by atoms with Crippen molar-refractivity contribution in [1.29, 1.82) is 0 Å². The minimum Gasteiger partial charge on any atom is -0.356 e. The van der Waals surface area contributed by atoms with Crippen molar-refractivity contribution in [3.63, 3.8) is 0 Å². The summed E-state index contributed by atoms with van der Waals surface area (Å²) in [5.74, 6) is -0.0876. The van der Waals surface area contributed by atoms with Gasteiger partial charge in [-0.05, 0) is 24.8 Å². The maximum atomic E-state index is 12.0. The smallest absolute Gasteiger partial charge is 0.221 e. The fraction of sp³-hybridized carbons (Fsp3) is 0.611. The van der Waals surface area contributed by atoms with Crippen LogP contribution >= 0.6 is 0 Å². The van der Waals surface area contributed by atoms with Gasteiger partial charge in [0.1, 0.15) is 0 Å². The standard InChI is InChI=1S/C18H28N2O3S/c1-24(22,23)20(17-10-6-3-7-11-17)15-13-18(21)19-14-12-16-8-4-2-5-9-16/h2,4-5,8-9,17H,3,6-7,10-15H2,1H3,(H,19,21). The van der Waals surface area contributed by atoms with E-state index in [0.29, 0.717) is 6.54 Å². The Labute approximate surface area is 145 Å². The highest BCUT2D eigenvalue weighted by molar-refractivity contribution is 7.88. The van der Waals surface area contributed by atoms with Gasteiger partial charge in [-0.25, -0.2) is 8.42 Å². The molecule has 0 atom stereocenters. The maximum Gasteiger partial charge on any atom is 0.221 e. The van der Waals surface area contributed by atoms with Crippen molar-refractivity contribution in [3.8, 4) is 0 Å². The molecule has 0 aromatic heterocycles. The van der Waals surface area contributed by atoms with E-state index < -0.39 is 10.0 Å². The van der Waals surface area contributed by atoms with Crippen molar-refractivity contribution in [2.45, 2.75) is 51.0 Å². The van der Waals surface area contributed by atoms with Crippen molar-refractivity contribution in [1.82, 2.24) is 9.62 Å². The first kappa shape index (κ1) is 18.9. The molecule has 0 spiro atoms. The van der Waals surface area contributed by atoms with Crippen LogP contribution in [0.5, 0.6) is 0 Å². The first-order valence-corrected chi connectivity index (χ1v) is 10.6. The number of nitrogens with one attached hydrogen (secondary N) is 1. The summed E-state index contributed by atoms with van der Waals surface area (Å²) in [4.78, 5) is 12.0. The topological polar surface area (TPSA) is 66.5 Å². The molecule has 0 aliphatic heterocycles. The third-order valence-electron chi connectivity index (χ3n) is 4.55. The van der Waals surface area contributed by atoms with Crippen LogP contribution < -0.4 is 5.32 Å². The van der Waals surface area contributed by atoms with Gasteiger partial charge in [0.25, 0.3) is 0 Å². The van der Waals surface area contributed by atoms with Crippen LogP contribution in [0, 0.1) is 0 Å². The molecular formula is C18H28N2O3S. The van der Waals surface area contributed by atoms with E-state index in [1.165, 1.54) is 22.5 Å². The number of carbonyl (C=O) groups excluding carboxylic acids is 1. The lowest BCUT2D eigenvalue weighted by atomic mass is 9.95. The molecule has 0 heterocycles. The molecule has 1 N–H and O–H groups in total. The number of sulfonamides is 1. The summed E-state index contributed by atoms with van der Waals surface area (Å²) < 4.78 is 25.6. The molecule has 1 aromatic carbocycles. The molecule has 6 heteroatoms. The molecule has 134 valence electrons. The number of rotatable bonds is 8. The second-order valence-corrected chi connectivity index (χ2v) is 8.44. The Morgan fingerprint density at radius 3 is 2.46 bits per heavy atom. The Kier molecular flexibility index (Phi) is 7.24. The second kappa shape index (κ2) is 9.18. The molecule has 1 amide bonds. The van der Waals surface area contributed by atoms with Crippen LogP contribution in [-0.4, -0.2) is 44.0 Å². The lowest BCUT2D eigenvalue weighted by Crippen LogP contribution is -2.42. The normalized spacial score (nSPS) is 16.2. The summed E-state index contributed by atoms with van der Waals surface area (Å²) in [7, 11) is -3.27. The fourth-order valence-electron chi connectivity index (χ4n) is 3.28. The van der Waals surface area contributed by atoms with Crippen molar-refractivity contribution in [2.75, 3.05) is 19.3 Å². The molecule has 0 unspecified atom stereocenters. The van der Waals surface area contributed by atoms with Crippen LogP contribution in [0.25, 0.3) is 0 Å². The fourth-order valence-corrected chi connectivity index (χ4v) is 4.45. The van der Waals surface area contributed by atoms with Gasteiger partial charge in [0, 0.05) is 25.6 Å². The molecule has 1 aromatic rings. The zero-order valence-corrected chi connectivity index (χ0v) is 15.2. The Balaban J connectivity index is 1.77. The number of hydrogen-bond donors (Lipinski definition) is 1. The predicted octanol–water partition coefficient (Wildman–Crippen LogP) is 2.33. The van der Waals surface area contributed by atoms with E-state index in [-0.39, 0.29) is 24.9 Å². The van der Waals surface area contributed by atoms with Crippen LogP contribution in [-0.2, 0) is 21.2 Å². The van der Waals surface area contributed by atoms with Gasteiger partial charge in [-0.2, -0.15) is 4.31 Å². The lowest BCUT2D eigenvalue weighted by molar-refractivity contribution is -0.121. The van der Waals surface area contributed by atoms with Gasteiger partial charge in [0.05, 0.1) is 6.26 Å². The van der Waals surface area contributed by atoms with E-state index in [1.807, 2.05) is 30.3 Å². The predicted molar refractivity (Wildman–Crippen MR) is 96.2 cm³/mol. The SMILES string of the molecule is CS(=O)(=O)N(CCC(=O)NCCc1ccccc1)C1CCCCC1. The Bertz CT molecular complexity index is 610. The summed E-state index contributed by atoms with van der Waals surface area (Å²) in [6.07, 6.45) is 7.37. The van der Waals surface area contributed by atoms with Crippen molar-refractivity contribution < 1.29 is 13.2 Å². The lowest BCUT2D eigenvalue weighted by Gasteiger charge is -2.32. The first-order valence-electron chi connectivity index (χ1n) is 8.74. The minimum absolute atomic E-state index is 0.0610. The van der Waals surface area contributed by atoms with E-state index in [1.54, 1.807) is 0 Å². The molecule has 0 saturated heterocycles. The van der Waals surface area contributed by atoms with E-state index in [4.69, 9.17) is 0 Å². The number of amides is 1. The number of carbonyl (C=O) groups is 1. The highest BCUT2D eigenvalue weighted by Crippen LogP contribution is 2.24. The van der Waals surface area contributed by atoms with Gasteiger partial charge >= 0.3 is 0 Å². The summed E-state index contributed by atoms with van der Waals surface area (Å²) in [5, 5.41) is 2.88. The van der Waals surface area contributed by atoms with E-state index >= 15 is 0 Å². The summed E-state index contributed by atoms with van der Waals surface area (Å²) in [5.41, 5.74) is 1.18. The highest BCUT2D eigenvalue weighted by atomic mass is 32.2. The van der Waals surface area contributed by atoms with E-state index in [9.17, 15) is 13.2 Å². The van der Waals surface area contributed by atoms with Gasteiger partial charge in [-0.15, -0.1) is 0 Å². The van der Waals surface area contributed by atoms with Crippen LogP contribution in [0.2, 0.25) is 0 Å². The third-order valence-corrected chi connectivity index (χ3v) is 5.88. The van der Waals surface area contributed by atoms with Gasteiger partial charge in [0.15, 0.2) is 0 Å². The monoisotopic (exact) mass is 352 g/mol. The average Bonchev–Trinajstić information content (AvgIpc) is 2.56. The van der Waals surface area contributed by atoms with Gasteiger partial charge in [-0.1, -0.05) is 49.6 Å². The maximum absolute atomic E-state index is 12.0.